The van der Waals surface area contributed by atoms with E-state index in [4.69, 9.17) is 9.47 Å². The number of hydrogen-bond donors (Lipinski definition) is 1. The Morgan fingerprint density at radius 1 is 1.13 bits per heavy atom. The zero-order chi connectivity index (χ0) is 20.9. The van der Waals surface area contributed by atoms with E-state index in [9.17, 15) is 4.79 Å². The largest absolute Gasteiger partial charge is 0.454 e. The van der Waals surface area contributed by atoms with Crippen LogP contribution >= 0.6 is 11.8 Å². The maximum absolute atomic E-state index is 12.6. The molecule has 0 radical (unpaired) electrons. The van der Waals surface area contributed by atoms with Crippen molar-refractivity contribution < 1.29 is 14.3 Å². The topological polar surface area (TPSA) is 78.3 Å². The molecule has 0 bridgehead atoms. The molecule has 0 aliphatic carbocycles. The molecule has 2 aromatic carbocycles. The van der Waals surface area contributed by atoms with Crippen molar-refractivity contribution in [3.05, 3.63) is 65.5 Å². The van der Waals surface area contributed by atoms with E-state index in [-0.39, 0.29) is 18.0 Å². The first-order valence-electron chi connectivity index (χ1n) is 9.93. The lowest BCUT2D eigenvalue weighted by Gasteiger charge is -2.13. The Labute approximate surface area is 179 Å². The first-order valence-corrected chi connectivity index (χ1v) is 10.8. The molecule has 7 nitrogen and oxygen atoms in total. The number of fused-ring (bicyclic) bond motifs is 1. The maximum Gasteiger partial charge on any atom is 0.233 e. The summed E-state index contributed by atoms with van der Waals surface area (Å²) < 4.78 is 12.8. The summed E-state index contributed by atoms with van der Waals surface area (Å²) >= 11 is 1.42. The third-order valence-corrected chi connectivity index (χ3v) is 5.95. The summed E-state index contributed by atoms with van der Waals surface area (Å²) in [6.07, 6.45) is 0.715. The molecule has 0 saturated carbocycles. The Morgan fingerprint density at radius 3 is 2.73 bits per heavy atom. The van der Waals surface area contributed by atoms with Crippen LogP contribution in [0.2, 0.25) is 0 Å². The molecule has 1 unspecified atom stereocenters. The quantitative estimate of drug-likeness (QED) is 0.559. The Kier molecular flexibility index (Phi) is 6.23. The van der Waals surface area contributed by atoms with Crippen molar-refractivity contribution >= 4 is 17.7 Å². The molecule has 3 aromatic rings. The molecule has 8 heteroatoms. The van der Waals surface area contributed by atoms with Crippen LogP contribution in [0, 0.1) is 0 Å². The molecule has 1 atom stereocenters. The van der Waals surface area contributed by atoms with Crippen LogP contribution in [-0.4, -0.2) is 32.7 Å². The van der Waals surface area contributed by atoms with Gasteiger partial charge in [0.05, 0.1) is 5.25 Å². The van der Waals surface area contributed by atoms with E-state index in [1.165, 1.54) is 17.3 Å². The van der Waals surface area contributed by atoms with E-state index in [1.54, 1.807) is 0 Å². The second-order valence-electron chi connectivity index (χ2n) is 6.97. The minimum absolute atomic E-state index is 0.0482. The molecule has 156 valence electrons. The zero-order valence-corrected chi connectivity index (χ0v) is 17.8. The van der Waals surface area contributed by atoms with Crippen molar-refractivity contribution in [2.75, 3.05) is 6.79 Å². The lowest BCUT2D eigenvalue weighted by molar-refractivity contribution is -0.120. The number of thioether (sulfide) groups is 1. The van der Waals surface area contributed by atoms with Crippen LogP contribution in [0.15, 0.2) is 53.7 Å². The monoisotopic (exact) mass is 424 g/mol. The van der Waals surface area contributed by atoms with Crippen molar-refractivity contribution in [2.24, 2.45) is 0 Å². The first-order chi connectivity index (χ1) is 14.6. The molecule has 1 amide bonds. The van der Waals surface area contributed by atoms with Gasteiger partial charge in [-0.1, -0.05) is 48.2 Å². The molecule has 30 heavy (non-hydrogen) atoms. The number of nitrogens with zero attached hydrogens (tertiary/aromatic N) is 3. The van der Waals surface area contributed by atoms with Crippen molar-refractivity contribution in [3.8, 4) is 11.5 Å². The van der Waals surface area contributed by atoms with Crippen LogP contribution in [0.3, 0.4) is 0 Å². The molecular formula is C22H24N4O3S. The highest BCUT2D eigenvalue weighted by Gasteiger charge is 2.20. The van der Waals surface area contributed by atoms with Crippen LogP contribution in [-0.2, 0) is 24.3 Å². The third kappa shape index (κ3) is 4.59. The van der Waals surface area contributed by atoms with E-state index < -0.39 is 0 Å². The molecule has 2 heterocycles. The van der Waals surface area contributed by atoms with Gasteiger partial charge in [0.2, 0.25) is 12.7 Å². The van der Waals surface area contributed by atoms with Gasteiger partial charge in [-0.25, -0.2) is 0 Å². The van der Waals surface area contributed by atoms with Crippen molar-refractivity contribution in [3.63, 3.8) is 0 Å². The Morgan fingerprint density at radius 2 is 1.93 bits per heavy atom. The zero-order valence-electron chi connectivity index (χ0n) is 17.0. The number of benzene rings is 2. The average Bonchev–Trinajstić information content (AvgIpc) is 3.38. The number of carbonyl (C=O) groups is 1. The van der Waals surface area contributed by atoms with E-state index >= 15 is 0 Å². The predicted octanol–water partition coefficient (Wildman–Crippen LogP) is 3.41. The highest BCUT2D eigenvalue weighted by Crippen LogP contribution is 2.32. The smallest absolute Gasteiger partial charge is 0.233 e. The fraction of sp³-hybridized carbons (Fsp3) is 0.318. The summed E-state index contributed by atoms with van der Waals surface area (Å²) in [6, 6.07) is 15.9. The minimum Gasteiger partial charge on any atom is -0.454 e. The summed E-state index contributed by atoms with van der Waals surface area (Å²) in [5.74, 6) is 2.30. The number of ether oxygens (including phenoxy) is 2. The molecular weight excluding hydrogens is 400 g/mol. The van der Waals surface area contributed by atoms with E-state index in [0.29, 0.717) is 18.7 Å². The molecule has 0 fully saturated rings. The van der Waals surface area contributed by atoms with Gasteiger partial charge in [0.1, 0.15) is 5.82 Å². The van der Waals surface area contributed by atoms with Gasteiger partial charge >= 0.3 is 0 Å². The normalized spacial score (nSPS) is 13.3. The number of hydrogen-bond acceptors (Lipinski definition) is 6. The van der Waals surface area contributed by atoms with E-state index in [0.717, 1.165) is 28.8 Å². The molecule has 0 spiro atoms. The van der Waals surface area contributed by atoms with Crippen LogP contribution in [0.1, 0.15) is 30.8 Å². The van der Waals surface area contributed by atoms with E-state index in [2.05, 4.69) is 39.1 Å². The van der Waals surface area contributed by atoms with Gasteiger partial charge in [-0.05, 0) is 37.1 Å². The second-order valence-corrected chi connectivity index (χ2v) is 8.28. The second kappa shape index (κ2) is 9.21. The fourth-order valence-electron chi connectivity index (χ4n) is 3.23. The van der Waals surface area contributed by atoms with Crippen LogP contribution in [0.4, 0.5) is 0 Å². The highest BCUT2D eigenvalue weighted by atomic mass is 32.2. The molecule has 1 N–H and O–H groups in total. The van der Waals surface area contributed by atoms with Crippen molar-refractivity contribution in [1.29, 1.82) is 0 Å². The minimum atomic E-state index is -0.293. The lowest BCUT2D eigenvalue weighted by Crippen LogP contribution is -2.30. The summed E-state index contributed by atoms with van der Waals surface area (Å²) in [4.78, 5) is 12.6. The van der Waals surface area contributed by atoms with E-state index in [1.807, 2.05) is 43.3 Å². The number of carbonyl (C=O) groups excluding carboxylic acids is 1. The van der Waals surface area contributed by atoms with Gasteiger partial charge in [-0.3, -0.25) is 4.79 Å². The summed E-state index contributed by atoms with van der Waals surface area (Å²) in [6.45, 7) is 5.36. The van der Waals surface area contributed by atoms with Gasteiger partial charge in [0.15, 0.2) is 16.7 Å². The van der Waals surface area contributed by atoms with Gasteiger partial charge < -0.3 is 19.4 Å². The van der Waals surface area contributed by atoms with Gasteiger partial charge in [-0.15, -0.1) is 10.2 Å². The Bertz CT molecular complexity index is 1020. The molecule has 1 aliphatic rings. The lowest BCUT2D eigenvalue weighted by atomic mass is 10.1. The third-order valence-electron chi connectivity index (χ3n) is 4.87. The van der Waals surface area contributed by atoms with Crippen molar-refractivity contribution in [1.82, 2.24) is 20.1 Å². The number of aromatic nitrogens is 3. The summed E-state index contributed by atoms with van der Waals surface area (Å²) in [5.41, 5.74) is 2.15. The van der Waals surface area contributed by atoms with Crippen LogP contribution in [0.5, 0.6) is 11.5 Å². The molecule has 1 aromatic heterocycles. The number of amides is 1. The summed E-state index contributed by atoms with van der Waals surface area (Å²) in [5, 5.41) is 12.1. The number of nitrogens with one attached hydrogen (secondary N) is 1. The van der Waals surface area contributed by atoms with Crippen LogP contribution < -0.4 is 14.8 Å². The average molecular weight is 425 g/mol. The fourth-order valence-corrected chi connectivity index (χ4v) is 4.18. The highest BCUT2D eigenvalue weighted by molar-refractivity contribution is 8.00. The van der Waals surface area contributed by atoms with Gasteiger partial charge in [0.25, 0.3) is 0 Å². The van der Waals surface area contributed by atoms with Gasteiger partial charge in [0, 0.05) is 19.5 Å². The van der Waals surface area contributed by atoms with Crippen molar-refractivity contribution in [2.45, 2.75) is 43.8 Å². The standard InChI is InChI=1S/C22H24N4O3S/c1-3-26-20(12-16-7-5-4-6-8-16)24-25-22(26)30-15(2)21(27)23-13-17-9-10-18-19(11-17)29-14-28-18/h4-11,15H,3,12-14H2,1-2H3,(H,23,27). The molecule has 4 rings (SSSR count). The Balaban J connectivity index is 1.36. The SMILES string of the molecule is CCn1c(Cc2ccccc2)nnc1SC(C)C(=O)NCc1ccc2c(c1)OCO2. The molecule has 0 saturated heterocycles. The summed E-state index contributed by atoms with van der Waals surface area (Å²) in [7, 11) is 0. The Hall–Kier alpha value is -3.00. The predicted molar refractivity (Wildman–Crippen MR) is 115 cm³/mol. The van der Waals surface area contributed by atoms with Crippen LogP contribution in [0.25, 0.3) is 0 Å². The maximum atomic E-state index is 12.6. The van der Waals surface area contributed by atoms with Gasteiger partial charge in [-0.2, -0.15) is 0 Å². The molecule has 1 aliphatic heterocycles. The number of rotatable bonds is 8. The first kappa shape index (κ1) is 20.3.